The lowest BCUT2D eigenvalue weighted by atomic mass is 10.00. The Labute approximate surface area is 167 Å². The molecule has 2 aliphatic heterocycles. The van der Waals surface area contributed by atoms with Crippen LogP contribution in [0.2, 0.25) is 0 Å². The van der Waals surface area contributed by atoms with Crippen LogP contribution >= 0.6 is 15.9 Å². The third-order valence-electron chi connectivity index (χ3n) is 5.20. The number of imide groups is 1. The number of nitrogens with one attached hydrogen (secondary N) is 2. The van der Waals surface area contributed by atoms with Crippen LogP contribution in [0.3, 0.4) is 0 Å². The Balaban J connectivity index is 1.59. The molecule has 144 valence electrons. The monoisotopic (exact) mass is 445 g/mol. The summed E-state index contributed by atoms with van der Waals surface area (Å²) in [7, 11) is 1.84. The summed E-state index contributed by atoms with van der Waals surface area (Å²) in [6, 6.07) is -0.469. The number of amides is 3. The highest BCUT2D eigenvalue weighted by Gasteiger charge is 2.51. The summed E-state index contributed by atoms with van der Waals surface area (Å²) < 4.78 is 3.85. The number of nitrogens with zero attached hydrogens (tertiary/aromatic N) is 6. The van der Waals surface area contributed by atoms with E-state index in [2.05, 4.69) is 36.8 Å². The molecule has 2 aliphatic rings. The van der Waals surface area contributed by atoms with Crippen molar-refractivity contribution in [3.05, 3.63) is 23.1 Å². The molecule has 0 radical (unpaired) electrons. The lowest BCUT2D eigenvalue weighted by Gasteiger charge is -2.23. The molecule has 11 nitrogen and oxygen atoms in total. The lowest BCUT2D eigenvalue weighted by Crippen LogP contribution is -2.49. The molecular weight excluding hydrogens is 430 g/mol. The smallest absolute Gasteiger partial charge is 0.322 e. The van der Waals surface area contributed by atoms with Gasteiger partial charge in [0.1, 0.15) is 21.6 Å². The van der Waals surface area contributed by atoms with Crippen LogP contribution in [-0.2, 0) is 11.8 Å². The van der Waals surface area contributed by atoms with Crippen LogP contribution in [0.1, 0.15) is 6.42 Å². The van der Waals surface area contributed by atoms with E-state index in [0.29, 0.717) is 41.3 Å². The van der Waals surface area contributed by atoms with E-state index in [-0.39, 0.29) is 5.91 Å². The minimum atomic E-state index is -0.939. The first-order chi connectivity index (χ1) is 13.4. The number of anilines is 2. The van der Waals surface area contributed by atoms with Gasteiger partial charge in [-0.2, -0.15) is 14.7 Å². The van der Waals surface area contributed by atoms with E-state index in [1.165, 1.54) is 0 Å². The SMILES string of the molecule is Cn1cc(-c2cnn3c(N)c(Br)c(N4CCC5(C4)NC(=O)NC5=O)nc23)cn1. The molecule has 1 spiro atoms. The Morgan fingerprint density at radius 1 is 1.29 bits per heavy atom. The van der Waals surface area contributed by atoms with Crippen molar-refractivity contribution in [3.8, 4) is 11.1 Å². The third-order valence-corrected chi connectivity index (χ3v) is 5.97. The van der Waals surface area contributed by atoms with E-state index < -0.39 is 11.6 Å². The van der Waals surface area contributed by atoms with Gasteiger partial charge in [0.2, 0.25) is 0 Å². The summed E-state index contributed by atoms with van der Waals surface area (Å²) in [6.45, 7) is 0.855. The first-order valence-corrected chi connectivity index (χ1v) is 9.37. The molecule has 3 aromatic rings. The second-order valence-corrected chi connectivity index (χ2v) is 7.79. The van der Waals surface area contributed by atoms with Crippen molar-refractivity contribution in [2.45, 2.75) is 12.0 Å². The number of aromatic nitrogens is 5. The van der Waals surface area contributed by atoms with Crippen molar-refractivity contribution < 1.29 is 9.59 Å². The van der Waals surface area contributed by atoms with Gasteiger partial charge in [-0.15, -0.1) is 0 Å². The van der Waals surface area contributed by atoms with Crippen LogP contribution in [0.15, 0.2) is 23.1 Å². The minimum Gasteiger partial charge on any atom is -0.383 e. The highest BCUT2D eigenvalue weighted by molar-refractivity contribution is 9.10. The molecule has 3 amide bonds. The number of nitrogen functional groups attached to an aromatic ring is 1. The normalized spacial score (nSPS) is 21.7. The first-order valence-electron chi connectivity index (χ1n) is 8.58. The van der Waals surface area contributed by atoms with Crippen molar-refractivity contribution in [2.75, 3.05) is 23.7 Å². The zero-order valence-corrected chi connectivity index (χ0v) is 16.4. The quantitative estimate of drug-likeness (QED) is 0.481. The largest absolute Gasteiger partial charge is 0.383 e. The Bertz CT molecular complexity index is 1150. The maximum Gasteiger partial charge on any atom is 0.322 e. The molecule has 0 aromatic carbocycles. The molecule has 0 saturated carbocycles. The fraction of sp³-hybridized carbons (Fsp3) is 0.312. The van der Waals surface area contributed by atoms with Crippen molar-refractivity contribution in [3.63, 3.8) is 0 Å². The van der Waals surface area contributed by atoms with Gasteiger partial charge in [0.25, 0.3) is 5.91 Å². The first kappa shape index (κ1) is 17.0. The highest BCUT2D eigenvalue weighted by atomic mass is 79.9. The van der Waals surface area contributed by atoms with E-state index in [1.807, 2.05) is 18.1 Å². The Morgan fingerprint density at radius 3 is 2.79 bits per heavy atom. The number of hydrogen-bond donors (Lipinski definition) is 3. The van der Waals surface area contributed by atoms with Gasteiger partial charge < -0.3 is 16.0 Å². The maximum absolute atomic E-state index is 12.2. The predicted molar refractivity (Wildman–Crippen MR) is 104 cm³/mol. The van der Waals surface area contributed by atoms with Crippen molar-refractivity contribution in [1.29, 1.82) is 0 Å². The molecule has 4 N–H and O–H groups in total. The molecule has 2 fully saturated rings. The van der Waals surface area contributed by atoms with Crippen molar-refractivity contribution >= 4 is 45.2 Å². The number of carbonyl (C=O) groups is 2. The fourth-order valence-electron chi connectivity index (χ4n) is 3.76. The summed E-state index contributed by atoms with van der Waals surface area (Å²) in [6.07, 6.45) is 5.79. The average Bonchev–Trinajstić information content (AvgIpc) is 3.40. The summed E-state index contributed by atoms with van der Waals surface area (Å²) >= 11 is 3.51. The van der Waals surface area contributed by atoms with Gasteiger partial charge in [-0.3, -0.25) is 14.8 Å². The molecule has 2 saturated heterocycles. The van der Waals surface area contributed by atoms with Crippen LogP contribution in [0.5, 0.6) is 0 Å². The Hall–Kier alpha value is -3.15. The molecule has 0 aliphatic carbocycles. The molecule has 12 heteroatoms. The van der Waals surface area contributed by atoms with E-state index >= 15 is 0 Å². The standard InChI is InChI=1S/C16H16BrN9O2/c1-24-6-8(4-19-24)9-5-20-26-11(18)10(17)13(21-12(9)26)25-3-2-16(7-25)14(27)22-15(28)23-16/h4-6H,2-3,7,18H2,1H3,(H2,22,23,27,28). The summed E-state index contributed by atoms with van der Waals surface area (Å²) in [5, 5.41) is 13.6. The zero-order valence-electron chi connectivity index (χ0n) is 14.8. The Morgan fingerprint density at radius 2 is 2.11 bits per heavy atom. The molecule has 5 rings (SSSR count). The number of nitrogens with two attached hydrogens (primary N) is 1. The second kappa shape index (κ2) is 5.67. The van der Waals surface area contributed by atoms with Crippen LogP contribution in [0.25, 0.3) is 16.8 Å². The van der Waals surface area contributed by atoms with Crippen LogP contribution < -0.4 is 21.3 Å². The van der Waals surface area contributed by atoms with Gasteiger partial charge >= 0.3 is 6.03 Å². The van der Waals surface area contributed by atoms with Crippen LogP contribution in [-0.4, -0.2) is 54.9 Å². The van der Waals surface area contributed by atoms with E-state index in [4.69, 9.17) is 10.7 Å². The minimum absolute atomic E-state index is 0.308. The van der Waals surface area contributed by atoms with E-state index in [0.717, 1.165) is 11.1 Å². The number of hydrogen-bond acceptors (Lipinski definition) is 7. The molecule has 0 bridgehead atoms. The zero-order chi connectivity index (χ0) is 19.6. The topological polar surface area (TPSA) is 135 Å². The fourth-order valence-corrected chi connectivity index (χ4v) is 4.27. The van der Waals surface area contributed by atoms with Crippen molar-refractivity contribution in [1.82, 2.24) is 35.0 Å². The van der Waals surface area contributed by atoms with Gasteiger partial charge in [-0.1, -0.05) is 0 Å². The van der Waals surface area contributed by atoms with E-state index in [1.54, 1.807) is 21.6 Å². The van der Waals surface area contributed by atoms with Gasteiger partial charge in [-0.05, 0) is 22.4 Å². The van der Waals surface area contributed by atoms with Crippen molar-refractivity contribution in [2.24, 2.45) is 7.05 Å². The summed E-state index contributed by atoms with van der Waals surface area (Å²) in [5.41, 5.74) is 7.62. The van der Waals surface area contributed by atoms with Crippen LogP contribution in [0.4, 0.5) is 16.4 Å². The molecule has 28 heavy (non-hydrogen) atoms. The van der Waals surface area contributed by atoms with Gasteiger partial charge in [0, 0.05) is 30.9 Å². The number of carbonyl (C=O) groups excluding carboxylic acids is 2. The predicted octanol–water partition coefficient (Wildman–Crippen LogP) is 0.263. The number of fused-ring (bicyclic) bond motifs is 1. The lowest BCUT2D eigenvalue weighted by molar-refractivity contribution is -0.123. The highest BCUT2D eigenvalue weighted by Crippen LogP contribution is 2.37. The number of urea groups is 1. The molecular formula is C16H16BrN9O2. The summed E-state index contributed by atoms with van der Waals surface area (Å²) in [4.78, 5) is 30.6. The van der Waals surface area contributed by atoms with E-state index in [9.17, 15) is 9.59 Å². The molecule has 3 aromatic heterocycles. The van der Waals surface area contributed by atoms with Crippen LogP contribution in [0, 0.1) is 0 Å². The average molecular weight is 446 g/mol. The van der Waals surface area contributed by atoms with Gasteiger partial charge in [0.05, 0.1) is 18.9 Å². The van der Waals surface area contributed by atoms with Gasteiger partial charge in [0.15, 0.2) is 5.65 Å². The second-order valence-electron chi connectivity index (χ2n) is 6.99. The third kappa shape index (κ3) is 2.30. The summed E-state index contributed by atoms with van der Waals surface area (Å²) in [5.74, 6) is 0.683. The number of halogens is 1. The van der Waals surface area contributed by atoms with Gasteiger partial charge in [-0.25, -0.2) is 9.78 Å². The maximum atomic E-state index is 12.2. The number of rotatable bonds is 2. The number of aryl methyl sites for hydroxylation is 1. The molecule has 1 atom stereocenters. The molecule has 5 heterocycles. The molecule has 1 unspecified atom stereocenters. The Kier molecular flexibility index (Phi) is 3.44.